The normalized spacial score (nSPS) is 45.0. The van der Waals surface area contributed by atoms with E-state index in [4.69, 9.17) is 0 Å². The number of rotatable bonds is 0. The Morgan fingerprint density at radius 3 is 2.73 bits per heavy atom. The van der Waals surface area contributed by atoms with Gasteiger partial charge in [0.1, 0.15) is 3.41 Å². The van der Waals surface area contributed by atoms with Crippen molar-refractivity contribution in [2.45, 2.75) is 15.6 Å². The Kier molecular flexibility index (Phi) is 2.97. The predicted octanol–water partition coefficient (Wildman–Crippen LogP) is 2.99. The molecule has 2 aliphatic rings. The van der Waals surface area contributed by atoms with Crippen molar-refractivity contribution in [3.8, 4) is 0 Å². The van der Waals surface area contributed by atoms with Crippen LogP contribution in [0.25, 0.3) is 0 Å². The molecule has 0 aliphatic carbocycles. The topological polar surface area (TPSA) is 0 Å². The first kappa shape index (κ1) is 8.97. The third-order valence-corrected chi connectivity index (χ3v) is 9.20. The SMILES string of the molecule is CC1CSC2(CSCCS2)S1. The van der Waals surface area contributed by atoms with Crippen molar-refractivity contribution >= 4 is 47.0 Å². The average Bonchev–Trinajstić information content (AvgIpc) is 2.34. The summed E-state index contributed by atoms with van der Waals surface area (Å²) >= 11 is 8.69. The highest BCUT2D eigenvalue weighted by atomic mass is 32.3. The Bertz CT molecular complexity index is 136. The van der Waals surface area contributed by atoms with Gasteiger partial charge in [-0.05, 0) is 0 Å². The first-order chi connectivity index (χ1) is 5.31. The lowest BCUT2D eigenvalue weighted by atomic mass is 10.6. The predicted molar refractivity (Wildman–Crippen MR) is 62.0 cm³/mol. The van der Waals surface area contributed by atoms with Crippen LogP contribution in [0, 0.1) is 0 Å². The second kappa shape index (κ2) is 3.64. The largest absolute Gasteiger partial charge is 0.158 e. The highest BCUT2D eigenvalue weighted by Gasteiger charge is 2.40. The molecule has 64 valence electrons. The fourth-order valence-electron chi connectivity index (χ4n) is 1.27. The van der Waals surface area contributed by atoms with Crippen LogP contribution in [0.3, 0.4) is 0 Å². The molecule has 4 heteroatoms. The Morgan fingerprint density at radius 1 is 1.27 bits per heavy atom. The second-order valence-corrected chi connectivity index (χ2v) is 9.15. The van der Waals surface area contributed by atoms with Gasteiger partial charge in [-0.25, -0.2) is 0 Å². The minimum Gasteiger partial charge on any atom is -0.158 e. The lowest BCUT2D eigenvalue weighted by molar-refractivity contribution is 1.15. The van der Waals surface area contributed by atoms with Gasteiger partial charge in [-0.1, -0.05) is 6.92 Å². The Labute approximate surface area is 85.4 Å². The van der Waals surface area contributed by atoms with Crippen LogP contribution in [-0.2, 0) is 0 Å². The molecule has 11 heavy (non-hydrogen) atoms. The highest BCUT2D eigenvalue weighted by molar-refractivity contribution is 8.37. The molecule has 2 heterocycles. The summed E-state index contributed by atoms with van der Waals surface area (Å²) in [5.74, 6) is 5.44. The molecule has 0 radical (unpaired) electrons. The number of hydrogen-bond acceptors (Lipinski definition) is 4. The van der Waals surface area contributed by atoms with E-state index in [9.17, 15) is 0 Å². The highest BCUT2D eigenvalue weighted by Crippen LogP contribution is 2.58. The van der Waals surface area contributed by atoms with E-state index in [1.165, 1.54) is 23.0 Å². The van der Waals surface area contributed by atoms with Gasteiger partial charge in [0.25, 0.3) is 0 Å². The molecule has 1 spiro atoms. The van der Waals surface area contributed by atoms with Gasteiger partial charge in [0.05, 0.1) is 0 Å². The first-order valence-corrected chi connectivity index (χ1v) is 7.85. The van der Waals surface area contributed by atoms with Gasteiger partial charge in [-0.15, -0.1) is 35.3 Å². The van der Waals surface area contributed by atoms with Crippen LogP contribution in [0.5, 0.6) is 0 Å². The molecule has 2 fully saturated rings. The fourth-order valence-corrected chi connectivity index (χ4v) is 8.81. The van der Waals surface area contributed by atoms with Gasteiger partial charge in [0.15, 0.2) is 0 Å². The Hall–Kier alpha value is 1.40. The summed E-state index contributed by atoms with van der Waals surface area (Å²) in [5, 5.41) is 0.881. The third kappa shape index (κ3) is 2.01. The zero-order valence-corrected chi connectivity index (χ0v) is 9.80. The van der Waals surface area contributed by atoms with Gasteiger partial charge >= 0.3 is 0 Å². The lowest BCUT2D eigenvalue weighted by Gasteiger charge is -2.30. The van der Waals surface area contributed by atoms with Crippen molar-refractivity contribution in [2.24, 2.45) is 0 Å². The van der Waals surface area contributed by atoms with Crippen LogP contribution in [0.1, 0.15) is 6.92 Å². The Morgan fingerprint density at radius 2 is 2.18 bits per heavy atom. The molecular formula is C7H12S4. The Balaban J connectivity index is 1.98. The van der Waals surface area contributed by atoms with Crippen LogP contribution in [0.15, 0.2) is 0 Å². The lowest BCUT2D eigenvalue weighted by Crippen LogP contribution is -2.21. The molecule has 0 amide bonds. The summed E-state index contributed by atoms with van der Waals surface area (Å²) < 4.78 is 0.558. The molecule has 0 aromatic heterocycles. The van der Waals surface area contributed by atoms with Gasteiger partial charge < -0.3 is 0 Å². The maximum atomic E-state index is 2.35. The summed E-state index contributed by atoms with van der Waals surface area (Å²) in [6.45, 7) is 2.35. The van der Waals surface area contributed by atoms with Crippen LogP contribution < -0.4 is 0 Å². The summed E-state index contributed by atoms with van der Waals surface area (Å²) in [6, 6.07) is 0. The molecule has 0 saturated carbocycles. The van der Waals surface area contributed by atoms with Gasteiger partial charge in [0.2, 0.25) is 0 Å². The molecular weight excluding hydrogens is 212 g/mol. The van der Waals surface area contributed by atoms with E-state index in [2.05, 4.69) is 54.0 Å². The minimum absolute atomic E-state index is 0.558. The zero-order chi connectivity index (χ0) is 7.73. The number of thioether (sulfide) groups is 4. The van der Waals surface area contributed by atoms with Crippen molar-refractivity contribution in [2.75, 3.05) is 23.0 Å². The molecule has 2 rings (SSSR count). The van der Waals surface area contributed by atoms with E-state index in [1.807, 2.05) is 0 Å². The molecule has 0 N–H and O–H groups in total. The molecule has 2 aliphatic heterocycles. The van der Waals surface area contributed by atoms with E-state index >= 15 is 0 Å². The molecule has 0 aromatic rings. The molecule has 0 bridgehead atoms. The quantitative estimate of drug-likeness (QED) is 0.620. The van der Waals surface area contributed by atoms with Gasteiger partial charge in [-0.2, -0.15) is 11.8 Å². The standard InChI is InChI=1S/C7H12S4/c1-6-4-10-7(11-6)5-8-2-3-9-7/h6H,2-5H2,1H3. The molecule has 0 nitrogen and oxygen atoms in total. The summed E-state index contributed by atoms with van der Waals surface area (Å²) in [7, 11) is 0. The summed E-state index contributed by atoms with van der Waals surface area (Å²) in [4.78, 5) is 0. The maximum Gasteiger partial charge on any atom is 0.116 e. The fraction of sp³-hybridized carbons (Fsp3) is 1.00. The molecule has 2 atom stereocenters. The summed E-state index contributed by atoms with van der Waals surface area (Å²) in [5.41, 5.74) is 0. The molecule has 2 saturated heterocycles. The van der Waals surface area contributed by atoms with Crippen molar-refractivity contribution in [1.82, 2.24) is 0 Å². The van der Waals surface area contributed by atoms with Crippen LogP contribution in [-0.4, -0.2) is 31.7 Å². The van der Waals surface area contributed by atoms with Crippen LogP contribution >= 0.6 is 47.0 Å². The number of hydrogen-bond donors (Lipinski definition) is 0. The van der Waals surface area contributed by atoms with Crippen molar-refractivity contribution in [1.29, 1.82) is 0 Å². The second-order valence-electron chi connectivity index (χ2n) is 2.82. The average molecular weight is 224 g/mol. The van der Waals surface area contributed by atoms with Gasteiger partial charge in [0, 0.05) is 28.3 Å². The van der Waals surface area contributed by atoms with Crippen molar-refractivity contribution in [3.05, 3.63) is 0 Å². The van der Waals surface area contributed by atoms with E-state index < -0.39 is 0 Å². The van der Waals surface area contributed by atoms with Crippen LogP contribution in [0.2, 0.25) is 0 Å². The molecule has 0 aromatic carbocycles. The smallest absolute Gasteiger partial charge is 0.116 e. The summed E-state index contributed by atoms with van der Waals surface area (Å²) in [6.07, 6.45) is 0. The van der Waals surface area contributed by atoms with E-state index in [0.29, 0.717) is 3.41 Å². The van der Waals surface area contributed by atoms with E-state index in [1.54, 1.807) is 0 Å². The van der Waals surface area contributed by atoms with E-state index in [-0.39, 0.29) is 0 Å². The maximum absolute atomic E-state index is 2.35. The van der Waals surface area contributed by atoms with E-state index in [0.717, 1.165) is 5.25 Å². The van der Waals surface area contributed by atoms with Gasteiger partial charge in [-0.3, -0.25) is 0 Å². The zero-order valence-electron chi connectivity index (χ0n) is 6.54. The monoisotopic (exact) mass is 224 g/mol. The first-order valence-electron chi connectivity index (χ1n) is 3.84. The van der Waals surface area contributed by atoms with Crippen LogP contribution in [0.4, 0.5) is 0 Å². The third-order valence-electron chi connectivity index (χ3n) is 1.75. The molecule has 2 unspecified atom stereocenters. The minimum atomic E-state index is 0.558. The van der Waals surface area contributed by atoms with Crippen molar-refractivity contribution in [3.63, 3.8) is 0 Å². The van der Waals surface area contributed by atoms with Crippen molar-refractivity contribution < 1.29 is 0 Å².